The van der Waals surface area contributed by atoms with Gasteiger partial charge in [0.05, 0.1) is 24.6 Å². The molecule has 7 heteroatoms. The zero-order chi connectivity index (χ0) is 18.0. The van der Waals surface area contributed by atoms with Crippen LogP contribution in [-0.4, -0.2) is 30.5 Å². The standard InChI is InChI=1S/C18H19N3O4/c1-12-9-13-5-3-4-6-16(13)20(12)11-18(22)19-15-8-7-14(25-2)10-17(15)21(23)24/h3-8,10,12H,9,11H2,1-2H3,(H,19,22)/t12-/m1/s1. The Morgan fingerprint density at radius 3 is 2.84 bits per heavy atom. The number of amides is 1. The zero-order valence-corrected chi connectivity index (χ0v) is 14.1. The van der Waals surface area contributed by atoms with Crippen LogP contribution in [0, 0.1) is 10.1 Å². The largest absolute Gasteiger partial charge is 0.496 e. The summed E-state index contributed by atoms with van der Waals surface area (Å²) in [7, 11) is 1.43. The summed E-state index contributed by atoms with van der Waals surface area (Å²) in [5.74, 6) is 0.0728. The number of benzene rings is 2. The molecular formula is C18H19N3O4. The van der Waals surface area contributed by atoms with Gasteiger partial charge in [0.15, 0.2) is 0 Å². The predicted octanol–water partition coefficient (Wildman–Crippen LogP) is 2.99. The fourth-order valence-corrected chi connectivity index (χ4v) is 3.11. The van der Waals surface area contributed by atoms with Gasteiger partial charge >= 0.3 is 0 Å². The van der Waals surface area contributed by atoms with Gasteiger partial charge in [-0.05, 0) is 37.1 Å². The molecule has 1 aliphatic heterocycles. The van der Waals surface area contributed by atoms with E-state index in [2.05, 4.69) is 18.3 Å². The van der Waals surface area contributed by atoms with Crippen LogP contribution in [0.15, 0.2) is 42.5 Å². The number of carbonyl (C=O) groups excluding carboxylic acids is 1. The summed E-state index contributed by atoms with van der Waals surface area (Å²) in [6.07, 6.45) is 0.881. The number of para-hydroxylation sites is 1. The number of rotatable bonds is 5. The molecule has 1 N–H and O–H groups in total. The molecule has 3 rings (SSSR count). The van der Waals surface area contributed by atoms with Gasteiger partial charge in [0.2, 0.25) is 5.91 Å². The number of ether oxygens (including phenoxy) is 1. The Morgan fingerprint density at radius 2 is 2.12 bits per heavy atom. The van der Waals surface area contributed by atoms with Crippen LogP contribution in [0.25, 0.3) is 0 Å². The maximum Gasteiger partial charge on any atom is 0.296 e. The monoisotopic (exact) mass is 341 g/mol. The molecule has 2 aromatic carbocycles. The highest BCUT2D eigenvalue weighted by atomic mass is 16.6. The number of nitrogens with zero attached hydrogens (tertiary/aromatic N) is 2. The third-order valence-corrected chi connectivity index (χ3v) is 4.34. The fourth-order valence-electron chi connectivity index (χ4n) is 3.11. The molecule has 0 aliphatic carbocycles. The maximum absolute atomic E-state index is 12.4. The lowest BCUT2D eigenvalue weighted by molar-refractivity contribution is -0.384. The van der Waals surface area contributed by atoms with Crippen molar-refractivity contribution in [2.24, 2.45) is 0 Å². The highest BCUT2D eigenvalue weighted by Gasteiger charge is 2.27. The third-order valence-electron chi connectivity index (χ3n) is 4.34. The first-order chi connectivity index (χ1) is 12.0. The van der Waals surface area contributed by atoms with Crippen molar-refractivity contribution in [1.82, 2.24) is 0 Å². The van der Waals surface area contributed by atoms with E-state index in [1.54, 1.807) is 6.07 Å². The second-order valence-electron chi connectivity index (χ2n) is 6.00. The van der Waals surface area contributed by atoms with Crippen LogP contribution in [-0.2, 0) is 11.2 Å². The minimum absolute atomic E-state index is 0.140. The molecule has 0 bridgehead atoms. The molecule has 0 unspecified atom stereocenters. The number of anilines is 2. The van der Waals surface area contributed by atoms with Crippen LogP contribution in [0.1, 0.15) is 12.5 Å². The zero-order valence-electron chi connectivity index (χ0n) is 14.1. The Labute approximate surface area is 145 Å². The van der Waals surface area contributed by atoms with Crippen molar-refractivity contribution >= 4 is 23.0 Å². The first-order valence-electron chi connectivity index (χ1n) is 7.96. The Bertz CT molecular complexity index is 822. The molecule has 1 atom stereocenters. The SMILES string of the molecule is COc1ccc(NC(=O)CN2c3ccccc3C[C@H]2C)c([N+](=O)[O-])c1. The van der Waals surface area contributed by atoms with Crippen LogP contribution >= 0.6 is 0 Å². The van der Waals surface area contributed by atoms with E-state index < -0.39 is 4.92 Å². The van der Waals surface area contributed by atoms with Crippen molar-refractivity contribution in [2.45, 2.75) is 19.4 Å². The lowest BCUT2D eigenvalue weighted by atomic mass is 10.1. The van der Waals surface area contributed by atoms with Gasteiger partial charge in [0.1, 0.15) is 11.4 Å². The van der Waals surface area contributed by atoms with Crippen molar-refractivity contribution in [2.75, 3.05) is 23.9 Å². The molecule has 0 fully saturated rings. The van der Waals surface area contributed by atoms with E-state index in [1.165, 1.54) is 24.8 Å². The number of carbonyl (C=O) groups is 1. The minimum atomic E-state index is -0.536. The quantitative estimate of drug-likeness (QED) is 0.667. The van der Waals surface area contributed by atoms with E-state index in [0.29, 0.717) is 5.75 Å². The molecule has 0 saturated heterocycles. The average Bonchev–Trinajstić information content (AvgIpc) is 2.90. The second-order valence-corrected chi connectivity index (χ2v) is 6.00. The molecule has 0 saturated carbocycles. The van der Waals surface area contributed by atoms with Crippen LogP contribution in [0.2, 0.25) is 0 Å². The van der Waals surface area contributed by atoms with E-state index in [-0.39, 0.29) is 29.9 Å². The van der Waals surface area contributed by atoms with Gasteiger partial charge < -0.3 is 15.0 Å². The molecule has 7 nitrogen and oxygen atoms in total. The first-order valence-corrected chi connectivity index (χ1v) is 7.96. The van der Waals surface area contributed by atoms with E-state index in [1.807, 2.05) is 23.1 Å². The topological polar surface area (TPSA) is 84.7 Å². The molecule has 0 aromatic heterocycles. The molecule has 0 spiro atoms. The number of fused-ring (bicyclic) bond motifs is 1. The van der Waals surface area contributed by atoms with Crippen LogP contribution in [0.5, 0.6) is 5.75 Å². The van der Waals surface area contributed by atoms with Crippen molar-refractivity contribution in [1.29, 1.82) is 0 Å². The summed E-state index contributed by atoms with van der Waals surface area (Å²) in [6.45, 7) is 2.20. The van der Waals surface area contributed by atoms with E-state index >= 15 is 0 Å². The molecule has 0 radical (unpaired) electrons. The Kier molecular flexibility index (Phi) is 4.56. The van der Waals surface area contributed by atoms with Crippen LogP contribution in [0.4, 0.5) is 17.1 Å². The van der Waals surface area contributed by atoms with Gasteiger partial charge in [-0.2, -0.15) is 0 Å². The highest BCUT2D eigenvalue weighted by Crippen LogP contribution is 2.32. The Morgan fingerprint density at radius 1 is 1.36 bits per heavy atom. The molecule has 1 aliphatic rings. The van der Waals surface area contributed by atoms with Gasteiger partial charge in [-0.25, -0.2) is 0 Å². The lowest BCUT2D eigenvalue weighted by Gasteiger charge is -2.24. The highest BCUT2D eigenvalue weighted by molar-refractivity contribution is 5.96. The van der Waals surface area contributed by atoms with Crippen molar-refractivity contribution in [3.63, 3.8) is 0 Å². The van der Waals surface area contributed by atoms with Gasteiger partial charge in [0.25, 0.3) is 5.69 Å². The maximum atomic E-state index is 12.4. The normalized spacial score (nSPS) is 15.6. The number of nitro benzene ring substituents is 1. The van der Waals surface area contributed by atoms with E-state index in [4.69, 9.17) is 4.74 Å². The van der Waals surface area contributed by atoms with Crippen LogP contribution in [0.3, 0.4) is 0 Å². The molecule has 1 amide bonds. The van der Waals surface area contributed by atoms with Crippen molar-refractivity contribution < 1.29 is 14.5 Å². The Balaban J connectivity index is 1.76. The molecule has 25 heavy (non-hydrogen) atoms. The van der Waals surface area contributed by atoms with E-state index in [9.17, 15) is 14.9 Å². The van der Waals surface area contributed by atoms with Gasteiger partial charge in [-0.3, -0.25) is 14.9 Å². The molecular weight excluding hydrogens is 322 g/mol. The summed E-state index contributed by atoms with van der Waals surface area (Å²) in [4.78, 5) is 25.1. The average molecular weight is 341 g/mol. The van der Waals surface area contributed by atoms with Gasteiger partial charge in [-0.1, -0.05) is 18.2 Å². The predicted molar refractivity (Wildman–Crippen MR) is 95.2 cm³/mol. The number of methoxy groups -OCH3 is 1. The van der Waals surface area contributed by atoms with Crippen molar-refractivity contribution in [3.05, 3.63) is 58.1 Å². The molecule has 2 aromatic rings. The van der Waals surface area contributed by atoms with E-state index in [0.717, 1.165) is 12.1 Å². The summed E-state index contributed by atoms with van der Waals surface area (Å²) < 4.78 is 5.00. The second kappa shape index (κ2) is 6.80. The van der Waals surface area contributed by atoms with Crippen molar-refractivity contribution in [3.8, 4) is 5.75 Å². The summed E-state index contributed by atoms with van der Waals surface area (Å²) >= 11 is 0. The number of nitro groups is 1. The first kappa shape index (κ1) is 16.8. The number of hydrogen-bond donors (Lipinski definition) is 1. The lowest BCUT2D eigenvalue weighted by Crippen LogP contribution is -2.37. The summed E-state index contributed by atoms with van der Waals surface area (Å²) in [5.41, 5.74) is 2.21. The van der Waals surface area contributed by atoms with Gasteiger partial charge in [-0.15, -0.1) is 0 Å². The van der Waals surface area contributed by atoms with Gasteiger partial charge in [0, 0.05) is 11.7 Å². The molecule has 130 valence electrons. The summed E-state index contributed by atoms with van der Waals surface area (Å²) in [6, 6.07) is 12.5. The fraction of sp³-hybridized carbons (Fsp3) is 0.278. The minimum Gasteiger partial charge on any atom is -0.496 e. The smallest absolute Gasteiger partial charge is 0.296 e. The third kappa shape index (κ3) is 3.40. The number of nitrogens with one attached hydrogen (secondary N) is 1. The summed E-state index contributed by atoms with van der Waals surface area (Å²) in [5, 5.41) is 13.9. The Hall–Kier alpha value is -3.09. The molecule has 1 heterocycles. The van der Waals surface area contributed by atoms with Crippen LogP contribution < -0.4 is 15.0 Å². The number of hydrogen-bond acceptors (Lipinski definition) is 5.